The molecule has 0 bridgehead atoms. The van der Waals surface area contributed by atoms with Crippen molar-refractivity contribution in [3.05, 3.63) is 29.6 Å². The minimum absolute atomic E-state index is 0.0197. The summed E-state index contributed by atoms with van der Waals surface area (Å²) in [6.07, 6.45) is 4.43. The van der Waals surface area contributed by atoms with E-state index in [0.717, 1.165) is 41.7 Å². The molecule has 0 amide bonds. The Morgan fingerprint density at radius 2 is 2.21 bits per heavy atom. The maximum atomic E-state index is 5.70. The highest BCUT2D eigenvalue weighted by molar-refractivity contribution is 5.76. The lowest BCUT2D eigenvalue weighted by Crippen LogP contribution is -2.41. The van der Waals surface area contributed by atoms with Gasteiger partial charge >= 0.3 is 0 Å². The van der Waals surface area contributed by atoms with Gasteiger partial charge in [0.1, 0.15) is 5.82 Å². The van der Waals surface area contributed by atoms with Crippen molar-refractivity contribution in [2.24, 2.45) is 12.8 Å². The summed E-state index contributed by atoms with van der Waals surface area (Å²) in [5.74, 6) is 1.10. The van der Waals surface area contributed by atoms with Gasteiger partial charge in [-0.2, -0.15) is 0 Å². The van der Waals surface area contributed by atoms with Crippen molar-refractivity contribution in [2.75, 3.05) is 7.11 Å². The molecule has 2 N–H and O–H groups in total. The van der Waals surface area contributed by atoms with Crippen LogP contribution in [0.25, 0.3) is 11.0 Å². The van der Waals surface area contributed by atoms with Crippen molar-refractivity contribution in [3.8, 4) is 0 Å². The van der Waals surface area contributed by atoms with Gasteiger partial charge in [0.15, 0.2) is 0 Å². The number of nitrogens with two attached hydrogens (primary N) is 1. The second kappa shape index (κ2) is 4.62. The minimum atomic E-state index is 0.0197. The van der Waals surface area contributed by atoms with Gasteiger partial charge in [0.25, 0.3) is 0 Å². The molecule has 3 rings (SSSR count). The van der Waals surface area contributed by atoms with Crippen LogP contribution >= 0.6 is 0 Å². The summed E-state index contributed by atoms with van der Waals surface area (Å²) in [6, 6.07) is 6.24. The zero-order valence-corrected chi connectivity index (χ0v) is 11.6. The molecule has 1 aliphatic carbocycles. The molecule has 1 aromatic heterocycles. The maximum absolute atomic E-state index is 5.70. The molecule has 1 fully saturated rings. The third-order valence-electron chi connectivity index (χ3n) is 4.45. The van der Waals surface area contributed by atoms with E-state index in [9.17, 15) is 0 Å². The topological polar surface area (TPSA) is 53.1 Å². The first-order valence-electron chi connectivity index (χ1n) is 6.87. The van der Waals surface area contributed by atoms with Crippen LogP contribution < -0.4 is 5.73 Å². The average molecular weight is 259 g/mol. The molecule has 1 aromatic carbocycles. The number of fused-ring (bicyclic) bond motifs is 1. The van der Waals surface area contributed by atoms with Crippen molar-refractivity contribution >= 4 is 11.0 Å². The van der Waals surface area contributed by atoms with E-state index in [-0.39, 0.29) is 5.60 Å². The molecule has 0 radical (unpaired) electrons. The summed E-state index contributed by atoms with van der Waals surface area (Å²) in [5, 5.41) is 0. The Balaban J connectivity index is 1.98. The summed E-state index contributed by atoms with van der Waals surface area (Å²) in [6.45, 7) is 0.568. The van der Waals surface area contributed by atoms with E-state index in [1.807, 2.05) is 7.11 Å². The lowest BCUT2D eigenvalue weighted by Gasteiger charge is -2.40. The molecule has 0 saturated heterocycles. The normalized spacial score (nSPS) is 17.6. The van der Waals surface area contributed by atoms with Gasteiger partial charge in [-0.3, -0.25) is 0 Å². The van der Waals surface area contributed by atoms with Crippen LogP contribution in [0, 0.1) is 0 Å². The third-order valence-corrected chi connectivity index (χ3v) is 4.45. The zero-order chi connectivity index (χ0) is 13.5. The van der Waals surface area contributed by atoms with E-state index in [1.165, 1.54) is 6.42 Å². The molecule has 4 heteroatoms. The van der Waals surface area contributed by atoms with Gasteiger partial charge in [0, 0.05) is 27.1 Å². The van der Waals surface area contributed by atoms with Crippen molar-refractivity contribution in [2.45, 2.75) is 37.8 Å². The van der Waals surface area contributed by atoms with Crippen LogP contribution in [0.1, 0.15) is 30.7 Å². The quantitative estimate of drug-likeness (QED) is 0.915. The second-order valence-electron chi connectivity index (χ2n) is 5.53. The van der Waals surface area contributed by atoms with Gasteiger partial charge in [0.2, 0.25) is 0 Å². The number of nitrogens with zero attached hydrogens (tertiary/aromatic N) is 2. The zero-order valence-electron chi connectivity index (χ0n) is 11.6. The van der Waals surface area contributed by atoms with Crippen LogP contribution in [0.2, 0.25) is 0 Å². The first-order chi connectivity index (χ1) is 9.17. The van der Waals surface area contributed by atoms with Crippen LogP contribution in [0.15, 0.2) is 18.2 Å². The molecule has 1 heterocycles. The first kappa shape index (κ1) is 12.6. The Morgan fingerprint density at radius 3 is 2.79 bits per heavy atom. The van der Waals surface area contributed by atoms with E-state index < -0.39 is 0 Å². The smallest absolute Gasteiger partial charge is 0.112 e. The number of aryl methyl sites for hydroxylation is 1. The Hall–Kier alpha value is -1.39. The SMILES string of the molecule is COC1(Cc2nc3ccc(CN)cc3n2C)CCC1. The van der Waals surface area contributed by atoms with Gasteiger partial charge in [0.05, 0.1) is 16.6 Å². The van der Waals surface area contributed by atoms with Crippen molar-refractivity contribution < 1.29 is 4.74 Å². The number of hydrogen-bond acceptors (Lipinski definition) is 3. The molecule has 0 atom stereocenters. The van der Waals surface area contributed by atoms with Crippen LogP contribution in [-0.4, -0.2) is 22.3 Å². The number of rotatable bonds is 4. The Morgan fingerprint density at radius 1 is 1.42 bits per heavy atom. The summed E-state index contributed by atoms with van der Waals surface area (Å²) in [5.41, 5.74) is 9.07. The second-order valence-corrected chi connectivity index (χ2v) is 5.53. The van der Waals surface area contributed by atoms with Gasteiger partial charge < -0.3 is 15.0 Å². The first-order valence-corrected chi connectivity index (χ1v) is 6.87. The lowest BCUT2D eigenvalue weighted by atomic mass is 9.77. The molecule has 0 aliphatic heterocycles. The molecule has 19 heavy (non-hydrogen) atoms. The summed E-state index contributed by atoms with van der Waals surface area (Å²) >= 11 is 0. The molecule has 4 nitrogen and oxygen atoms in total. The Bertz CT molecular complexity index is 593. The third kappa shape index (κ3) is 2.05. The Labute approximate surface area is 113 Å². The maximum Gasteiger partial charge on any atom is 0.112 e. The summed E-state index contributed by atoms with van der Waals surface area (Å²) in [7, 11) is 3.89. The fourth-order valence-corrected chi connectivity index (χ4v) is 2.88. The predicted molar refractivity (Wildman–Crippen MR) is 75.9 cm³/mol. The number of aromatic nitrogens is 2. The molecular weight excluding hydrogens is 238 g/mol. The number of imidazole rings is 1. The van der Waals surface area contributed by atoms with Crippen molar-refractivity contribution in [3.63, 3.8) is 0 Å². The molecule has 1 saturated carbocycles. The summed E-state index contributed by atoms with van der Waals surface area (Å²) < 4.78 is 7.87. The van der Waals surface area contributed by atoms with E-state index in [0.29, 0.717) is 6.54 Å². The monoisotopic (exact) mass is 259 g/mol. The molecule has 102 valence electrons. The number of hydrogen-bond donors (Lipinski definition) is 1. The molecular formula is C15H21N3O. The minimum Gasteiger partial charge on any atom is -0.378 e. The van der Waals surface area contributed by atoms with E-state index in [2.05, 4.69) is 29.8 Å². The van der Waals surface area contributed by atoms with Crippen LogP contribution in [0.5, 0.6) is 0 Å². The van der Waals surface area contributed by atoms with Gasteiger partial charge in [-0.15, -0.1) is 0 Å². The lowest BCUT2D eigenvalue weighted by molar-refractivity contribution is -0.0724. The molecule has 0 unspecified atom stereocenters. The number of ether oxygens (including phenoxy) is 1. The average Bonchev–Trinajstić information content (AvgIpc) is 2.70. The van der Waals surface area contributed by atoms with Crippen LogP contribution in [0.4, 0.5) is 0 Å². The fourth-order valence-electron chi connectivity index (χ4n) is 2.88. The van der Waals surface area contributed by atoms with Gasteiger partial charge in [-0.1, -0.05) is 6.07 Å². The number of benzene rings is 1. The van der Waals surface area contributed by atoms with Crippen LogP contribution in [-0.2, 0) is 24.8 Å². The standard InChI is InChI=1S/C15H21N3O/c1-18-13-8-11(10-16)4-5-12(13)17-14(18)9-15(19-2)6-3-7-15/h4-5,8H,3,6-7,9-10,16H2,1-2H3. The Kier molecular flexibility index (Phi) is 3.07. The molecule has 1 aliphatic rings. The van der Waals surface area contributed by atoms with Crippen LogP contribution in [0.3, 0.4) is 0 Å². The van der Waals surface area contributed by atoms with Crippen molar-refractivity contribution in [1.29, 1.82) is 0 Å². The van der Waals surface area contributed by atoms with E-state index in [1.54, 1.807) is 0 Å². The van der Waals surface area contributed by atoms with E-state index >= 15 is 0 Å². The summed E-state index contributed by atoms with van der Waals surface area (Å²) in [4.78, 5) is 4.74. The van der Waals surface area contributed by atoms with Gasteiger partial charge in [-0.05, 0) is 37.0 Å². The van der Waals surface area contributed by atoms with Crippen molar-refractivity contribution in [1.82, 2.24) is 9.55 Å². The predicted octanol–water partition coefficient (Wildman–Crippen LogP) is 2.14. The molecule has 2 aromatic rings. The highest BCUT2D eigenvalue weighted by Crippen LogP contribution is 2.38. The van der Waals surface area contributed by atoms with Gasteiger partial charge in [-0.25, -0.2) is 4.98 Å². The largest absolute Gasteiger partial charge is 0.378 e. The highest BCUT2D eigenvalue weighted by Gasteiger charge is 2.38. The van der Waals surface area contributed by atoms with E-state index in [4.69, 9.17) is 15.5 Å². The fraction of sp³-hybridized carbons (Fsp3) is 0.533. The number of methoxy groups -OCH3 is 1. The highest BCUT2D eigenvalue weighted by atomic mass is 16.5. The molecule has 0 spiro atoms.